The Hall–Kier alpha value is -1.79. The molecule has 1 aromatic rings. The number of nitrogens with zero attached hydrogens (tertiary/aromatic N) is 1. The first-order valence-corrected chi connectivity index (χ1v) is 6.93. The zero-order valence-electron chi connectivity index (χ0n) is 12.5. The van der Waals surface area contributed by atoms with E-state index in [1.807, 2.05) is 0 Å². The lowest BCUT2D eigenvalue weighted by Gasteiger charge is -2.26. The fraction of sp³-hybridized carbons (Fsp3) is 0.533. The maximum atomic E-state index is 11.6. The predicted molar refractivity (Wildman–Crippen MR) is 77.1 cm³/mol. The molecule has 0 saturated carbocycles. The van der Waals surface area contributed by atoms with E-state index in [0.29, 0.717) is 23.7 Å². The number of hydrogen-bond acceptors (Lipinski definition) is 6. The highest BCUT2D eigenvalue weighted by Gasteiger charge is 2.12. The number of ether oxygens (including phenoxy) is 4. The number of benzene rings is 1. The molecule has 1 aliphatic rings. The van der Waals surface area contributed by atoms with Gasteiger partial charge in [0.25, 0.3) is 0 Å². The smallest absolute Gasteiger partial charge is 0.338 e. The second-order valence-electron chi connectivity index (χ2n) is 4.69. The Labute approximate surface area is 124 Å². The van der Waals surface area contributed by atoms with Gasteiger partial charge in [0, 0.05) is 25.7 Å². The van der Waals surface area contributed by atoms with Crippen LogP contribution in [0.2, 0.25) is 0 Å². The molecule has 1 aromatic carbocycles. The molecule has 0 N–H and O–H groups in total. The molecular formula is C15H21NO5. The highest BCUT2D eigenvalue weighted by Crippen LogP contribution is 2.23. The van der Waals surface area contributed by atoms with Gasteiger partial charge in [-0.05, 0) is 12.1 Å². The Bertz CT molecular complexity index is 471. The Morgan fingerprint density at radius 3 is 2.57 bits per heavy atom. The number of carbonyl (C=O) groups is 1. The molecule has 1 fully saturated rings. The van der Waals surface area contributed by atoms with Crippen molar-refractivity contribution >= 4 is 5.97 Å². The molecule has 0 aliphatic carbocycles. The number of carbonyl (C=O) groups excluding carboxylic acids is 1. The molecular weight excluding hydrogens is 274 g/mol. The Kier molecular flexibility index (Phi) is 5.83. The summed E-state index contributed by atoms with van der Waals surface area (Å²) >= 11 is 0. The molecule has 0 amide bonds. The molecule has 0 spiro atoms. The summed E-state index contributed by atoms with van der Waals surface area (Å²) in [6, 6.07) is 5.04. The van der Waals surface area contributed by atoms with E-state index in [0.717, 1.165) is 32.8 Å². The van der Waals surface area contributed by atoms with Gasteiger partial charge in [0.15, 0.2) is 0 Å². The third kappa shape index (κ3) is 4.61. The van der Waals surface area contributed by atoms with E-state index in [1.165, 1.54) is 7.11 Å². The van der Waals surface area contributed by atoms with E-state index in [1.54, 1.807) is 25.3 Å². The molecule has 2 rings (SSSR count). The van der Waals surface area contributed by atoms with Crippen molar-refractivity contribution in [1.82, 2.24) is 4.90 Å². The van der Waals surface area contributed by atoms with Crippen molar-refractivity contribution in [2.24, 2.45) is 0 Å². The van der Waals surface area contributed by atoms with Gasteiger partial charge in [-0.25, -0.2) is 4.79 Å². The fourth-order valence-electron chi connectivity index (χ4n) is 2.13. The summed E-state index contributed by atoms with van der Waals surface area (Å²) in [5.74, 6) is 0.759. The van der Waals surface area contributed by atoms with E-state index in [4.69, 9.17) is 18.9 Å². The van der Waals surface area contributed by atoms with Gasteiger partial charge >= 0.3 is 5.97 Å². The fourth-order valence-corrected chi connectivity index (χ4v) is 2.13. The number of methoxy groups -OCH3 is 2. The average molecular weight is 295 g/mol. The molecule has 0 unspecified atom stereocenters. The van der Waals surface area contributed by atoms with Crippen molar-refractivity contribution in [2.45, 2.75) is 0 Å². The van der Waals surface area contributed by atoms with E-state index >= 15 is 0 Å². The monoisotopic (exact) mass is 295 g/mol. The molecule has 0 aromatic heterocycles. The normalized spacial score (nSPS) is 15.5. The third-order valence-corrected chi connectivity index (χ3v) is 3.32. The molecule has 1 saturated heterocycles. The first-order valence-electron chi connectivity index (χ1n) is 6.93. The highest BCUT2D eigenvalue weighted by atomic mass is 16.5. The van der Waals surface area contributed by atoms with Gasteiger partial charge < -0.3 is 18.9 Å². The quantitative estimate of drug-likeness (QED) is 0.735. The van der Waals surface area contributed by atoms with Crippen LogP contribution in [0.15, 0.2) is 18.2 Å². The van der Waals surface area contributed by atoms with Gasteiger partial charge in [-0.3, -0.25) is 4.90 Å². The van der Waals surface area contributed by atoms with E-state index in [-0.39, 0.29) is 0 Å². The second-order valence-corrected chi connectivity index (χ2v) is 4.69. The summed E-state index contributed by atoms with van der Waals surface area (Å²) in [5.41, 5.74) is 0.415. The average Bonchev–Trinajstić information content (AvgIpc) is 2.54. The number of morpholine rings is 1. The van der Waals surface area contributed by atoms with Gasteiger partial charge in [-0.2, -0.15) is 0 Å². The minimum Gasteiger partial charge on any atom is -0.497 e. The van der Waals surface area contributed by atoms with Crippen LogP contribution in [0.5, 0.6) is 11.5 Å². The van der Waals surface area contributed by atoms with Gasteiger partial charge in [-0.15, -0.1) is 0 Å². The lowest BCUT2D eigenvalue weighted by Crippen LogP contribution is -2.38. The van der Waals surface area contributed by atoms with Crippen LogP contribution in [0.1, 0.15) is 10.4 Å². The standard InChI is InChI=1S/C15H21NO5/c1-18-13-9-12(15(17)19-2)10-14(11-13)21-8-5-16-3-6-20-7-4-16/h9-11H,3-8H2,1-2H3. The zero-order valence-corrected chi connectivity index (χ0v) is 12.5. The van der Waals surface area contributed by atoms with Crippen molar-refractivity contribution in [3.8, 4) is 11.5 Å². The molecule has 21 heavy (non-hydrogen) atoms. The lowest BCUT2D eigenvalue weighted by molar-refractivity contribution is 0.0322. The van der Waals surface area contributed by atoms with Crippen LogP contribution in [0.4, 0.5) is 0 Å². The van der Waals surface area contributed by atoms with Crippen LogP contribution >= 0.6 is 0 Å². The van der Waals surface area contributed by atoms with Gasteiger partial charge in [0.2, 0.25) is 0 Å². The molecule has 6 nitrogen and oxygen atoms in total. The Morgan fingerprint density at radius 2 is 1.90 bits per heavy atom. The number of rotatable bonds is 6. The van der Waals surface area contributed by atoms with Gasteiger partial charge in [-0.1, -0.05) is 0 Å². The largest absolute Gasteiger partial charge is 0.497 e. The number of hydrogen-bond donors (Lipinski definition) is 0. The zero-order chi connectivity index (χ0) is 15.1. The van der Waals surface area contributed by atoms with Crippen LogP contribution in [0.3, 0.4) is 0 Å². The van der Waals surface area contributed by atoms with Crippen LogP contribution in [0.25, 0.3) is 0 Å². The van der Waals surface area contributed by atoms with E-state index < -0.39 is 5.97 Å². The molecule has 0 atom stereocenters. The van der Waals surface area contributed by atoms with E-state index in [2.05, 4.69) is 4.90 Å². The summed E-state index contributed by atoms with van der Waals surface area (Å²) in [4.78, 5) is 13.9. The SMILES string of the molecule is COC(=O)c1cc(OC)cc(OCCN2CCOCC2)c1. The molecule has 116 valence electrons. The first-order chi connectivity index (χ1) is 10.2. The molecule has 6 heteroatoms. The second kappa shape index (κ2) is 7.85. The van der Waals surface area contributed by atoms with Crippen molar-refractivity contribution < 1.29 is 23.7 Å². The van der Waals surface area contributed by atoms with Crippen molar-refractivity contribution in [2.75, 3.05) is 53.7 Å². The van der Waals surface area contributed by atoms with E-state index in [9.17, 15) is 4.79 Å². The van der Waals surface area contributed by atoms with Crippen LogP contribution in [-0.2, 0) is 9.47 Å². The van der Waals surface area contributed by atoms with Crippen LogP contribution in [-0.4, -0.2) is 64.5 Å². The first kappa shape index (κ1) is 15.6. The van der Waals surface area contributed by atoms with Crippen molar-refractivity contribution in [1.29, 1.82) is 0 Å². The minimum absolute atomic E-state index is 0.410. The van der Waals surface area contributed by atoms with Gasteiger partial charge in [0.1, 0.15) is 18.1 Å². The summed E-state index contributed by atoms with van der Waals surface area (Å²) in [7, 11) is 2.90. The number of esters is 1. The molecule has 0 radical (unpaired) electrons. The summed E-state index contributed by atoms with van der Waals surface area (Å²) < 4.78 is 20.9. The molecule has 0 bridgehead atoms. The van der Waals surface area contributed by atoms with Gasteiger partial charge in [0.05, 0.1) is 33.0 Å². The minimum atomic E-state index is -0.410. The van der Waals surface area contributed by atoms with Crippen LogP contribution in [0, 0.1) is 0 Å². The topological polar surface area (TPSA) is 57.2 Å². The van der Waals surface area contributed by atoms with Crippen molar-refractivity contribution in [3.63, 3.8) is 0 Å². The van der Waals surface area contributed by atoms with Crippen molar-refractivity contribution in [3.05, 3.63) is 23.8 Å². The summed E-state index contributed by atoms with van der Waals surface area (Å²) in [6.45, 7) is 4.77. The lowest BCUT2D eigenvalue weighted by atomic mass is 10.2. The Morgan fingerprint density at radius 1 is 1.19 bits per heavy atom. The highest BCUT2D eigenvalue weighted by molar-refractivity contribution is 5.90. The predicted octanol–water partition coefficient (Wildman–Crippen LogP) is 1.19. The third-order valence-electron chi connectivity index (χ3n) is 3.32. The maximum Gasteiger partial charge on any atom is 0.338 e. The molecule has 1 heterocycles. The molecule has 1 aliphatic heterocycles. The maximum absolute atomic E-state index is 11.6. The Balaban J connectivity index is 1.93. The van der Waals surface area contributed by atoms with Crippen LogP contribution < -0.4 is 9.47 Å². The summed E-state index contributed by atoms with van der Waals surface area (Å²) in [6.07, 6.45) is 0. The summed E-state index contributed by atoms with van der Waals surface area (Å²) in [5, 5.41) is 0.